The maximum Gasteiger partial charge on any atom is 0.416 e. The lowest BCUT2D eigenvalue weighted by atomic mass is 9.69. The van der Waals surface area contributed by atoms with Crippen LogP contribution in [0, 0.1) is 17.8 Å². The van der Waals surface area contributed by atoms with Crippen LogP contribution in [0.3, 0.4) is 0 Å². The smallest absolute Gasteiger partial charge is 0.416 e. The van der Waals surface area contributed by atoms with Crippen LogP contribution in [0.2, 0.25) is 0 Å². The molecule has 230 valence electrons. The molecule has 2 aromatic rings. The number of phenols is 1. The summed E-state index contributed by atoms with van der Waals surface area (Å²) in [5, 5.41) is 20.3. The van der Waals surface area contributed by atoms with E-state index in [2.05, 4.69) is 0 Å². The van der Waals surface area contributed by atoms with Crippen LogP contribution in [0.1, 0.15) is 49.3 Å². The topological polar surface area (TPSA) is 87.1 Å². The number of para-hydroxylation sites is 1. The van der Waals surface area contributed by atoms with E-state index in [4.69, 9.17) is 4.74 Å². The van der Waals surface area contributed by atoms with E-state index >= 15 is 0 Å². The van der Waals surface area contributed by atoms with E-state index < -0.39 is 71.4 Å². The lowest BCUT2D eigenvalue weighted by Gasteiger charge is -2.31. The Bertz CT molecular complexity index is 1460. The summed E-state index contributed by atoms with van der Waals surface area (Å²) in [6.07, 6.45) is -7.28. The Morgan fingerprint density at radius 1 is 1.00 bits per heavy atom. The zero-order chi connectivity index (χ0) is 31.3. The number of alkyl halides is 6. The number of carbonyl (C=O) groups is 2. The van der Waals surface area contributed by atoms with E-state index in [9.17, 15) is 46.1 Å². The minimum absolute atomic E-state index is 0.0125. The number of carbonyl (C=O) groups excluding carboxylic acids is 2. The monoisotopic (exact) mass is 609 g/mol. The molecule has 2 aliphatic heterocycles. The molecular weight excluding hydrogens is 580 g/mol. The average Bonchev–Trinajstić information content (AvgIpc) is 3.48. The number of fused-ring (bicyclic) bond motifs is 3. The largest absolute Gasteiger partial charge is 0.507 e. The summed E-state index contributed by atoms with van der Waals surface area (Å²) in [6, 6.07) is 7.56. The Balaban J connectivity index is 1.43. The van der Waals surface area contributed by atoms with Crippen LogP contribution >= 0.6 is 0 Å². The minimum Gasteiger partial charge on any atom is -0.507 e. The Hall–Kier alpha value is -3.64. The molecule has 2 aromatic carbocycles. The fraction of sp³-hybridized carbons (Fsp3) is 0.419. The molecule has 5 rings (SSSR count). The highest BCUT2D eigenvalue weighted by Gasteiger charge is 2.57. The number of halogens is 6. The van der Waals surface area contributed by atoms with Crippen molar-refractivity contribution < 1.29 is 50.9 Å². The van der Waals surface area contributed by atoms with Crippen LogP contribution in [0.15, 0.2) is 59.2 Å². The maximum absolute atomic E-state index is 13.6. The Labute approximate surface area is 243 Å². The number of aliphatic hydroxyl groups is 1. The second-order valence-corrected chi connectivity index (χ2v) is 11.0. The molecule has 2 heterocycles. The van der Waals surface area contributed by atoms with Crippen molar-refractivity contribution in [2.75, 3.05) is 18.1 Å². The maximum atomic E-state index is 13.6. The fourth-order valence-electron chi connectivity index (χ4n) is 6.44. The number of benzene rings is 2. The molecule has 43 heavy (non-hydrogen) atoms. The number of phenolic OH excluding ortho intramolecular Hbond substituents is 1. The molecule has 6 nitrogen and oxygen atoms in total. The minimum atomic E-state index is -5.15. The van der Waals surface area contributed by atoms with Gasteiger partial charge in [0.2, 0.25) is 11.8 Å². The third-order valence-corrected chi connectivity index (χ3v) is 8.51. The predicted octanol–water partition coefficient (Wildman–Crippen LogP) is 6.52. The zero-order valence-electron chi connectivity index (χ0n) is 23.0. The molecular formula is C31H29F6NO5. The summed E-state index contributed by atoms with van der Waals surface area (Å²) >= 11 is 0. The van der Waals surface area contributed by atoms with E-state index in [1.165, 1.54) is 0 Å². The highest BCUT2D eigenvalue weighted by molar-refractivity contribution is 6.22. The van der Waals surface area contributed by atoms with E-state index in [0.29, 0.717) is 53.0 Å². The standard InChI is InChI=1S/C31H29F6NO5/c1-2-16(9-17-5-3-4-6-24(17)40)7-8-25-26-18(14-39)10-22-27(23(26)15-43-25)29(42)38(28(22)41)21-12-19(30(32,33)34)11-20(13-21)31(35,36)37/h3-6,9,11-13,22-23,25,27,39-40H,2,7-8,10,14-15H2,1H3/b16-9+/t22-,23+,25-,27-/m1/s1. The Morgan fingerprint density at radius 3 is 2.23 bits per heavy atom. The van der Waals surface area contributed by atoms with Gasteiger partial charge in [0, 0.05) is 11.5 Å². The van der Waals surface area contributed by atoms with E-state index in [1.807, 2.05) is 13.0 Å². The van der Waals surface area contributed by atoms with Gasteiger partial charge in [-0.3, -0.25) is 9.59 Å². The van der Waals surface area contributed by atoms with Crippen molar-refractivity contribution in [3.8, 4) is 5.75 Å². The van der Waals surface area contributed by atoms with Gasteiger partial charge >= 0.3 is 12.4 Å². The Kier molecular flexibility index (Phi) is 8.21. The van der Waals surface area contributed by atoms with Crippen molar-refractivity contribution in [3.63, 3.8) is 0 Å². The third kappa shape index (κ3) is 5.82. The summed E-state index contributed by atoms with van der Waals surface area (Å²) < 4.78 is 87.1. The SMILES string of the molecule is CC/C(=C\c1ccccc1O)CC[C@H]1OC[C@H]2C1=C(CO)C[C@H]1C(=O)N(c3cc(C(F)(F)F)cc(C(F)(F)F)c3)C(=O)[C@H]12. The number of hydrogen-bond donors (Lipinski definition) is 2. The normalized spacial score (nSPS) is 24.6. The fourth-order valence-corrected chi connectivity index (χ4v) is 6.44. The third-order valence-electron chi connectivity index (χ3n) is 8.51. The molecule has 2 saturated heterocycles. The molecule has 0 saturated carbocycles. The van der Waals surface area contributed by atoms with Gasteiger partial charge in [0.05, 0.1) is 48.0 Å². The number of hydrogen-bond acceptors (Lipinski definition) is 5. The van der Waals surface area contributed by atoms with Crippen LogP contribution in [-0.4, -0.2) is 41.3 Å². The number of imide groups is 1. The van der Waals surface area contributed by atoms with Gasteiger partial charge in [-0.15, -0.1) is 0 Å². The second-order valence-electron chi connectivity index (χ2n) is 11.0. The lowest BCUT2D eigenvalue weighted by Crippen LogP contribution is -2.35. The zero-order valence-corrected chi connectivity index (χ0v) is 23.0. The second kappa shape index (κ2) is 11.5. The van der Waals surface area contributed by atoms with Crippen molar-refractivity contribution in [2.45, 2.75) is 51.1 Å². The van der Waals surface area contributed by atoms with Crippen LogP contribution in [0.5, 0.6) is 5.75 Å². The molecule has 2 N–H and O–H groups in total. The van der Waals surface area contributed by atoms with Gasteiger partial charge in [-0.1, -0.05) is 36.8 Å². The van der Waals surface area contributed by atoms with Gasteiger partial charge in [-0.05, 0) is 61.1 Å². The van der Waals surface area contributed by atoms with Crippen molar-refractivity contribution >= 4 is 23.6 Å². The number of aliphatic hydroxyl groups excluding tert-OH is 1. The van der Waals surface area contributed by atoms with Crippen molar-refractivity contribution in [2.24, 2.45) is 17.8 Å². The van der Waals surface area contributed by atoms with Crippen molar-refractivity contribution in [1.29, 1.82) is 0 Å². The number of ether oxygens (including phenoxy) is 1. The van der Waals surface area contributed by atoms with E-state index in [1.54, 1.807) is 24.3 Å². The molecule has 1 aliphatic carbocycles. The molecule has 3 aliphatic rings. The van der Waals surface area contributed by atoms with Crippen molar-refractivity contribution in [3.05, 3.63) is 75.9 Å². The number of anilines is 1. The first kappa shape index (κ1) is 30.8. The molecule has 2 fully saturated rings. The number of nitrogens with zero attached hydrogens (tertiary/aromatic N) is 1. The molecule has 0 unspecified atom stereocenters. The van der Waals surface area contributed by atoms with Crippen molar-refractivity contribution in [1.82, 2.24) is 0 Å². The van der Waals surface area contributed by atoms with Gasteiger partial charge in [-0.2, -0.15) is 26.3 Å². The molecule has 4 atom stereocenters. The van der Waals surface area contributed by atoms with Crippen LogP contribution in [0.4, 0.5) is 32.0 Å². The number of allylic oxidation sites excluding steroid dienone is 1. The van der Waals surface area contributed by atoms with Crippen LogP contribution in [-0.2, 0) is 26.7 Å². The van der Waals surface area contributed by atoms with Crippen LogP contribution < -0.4 is 4.90 Å². The first-order valence-electron chi connectivity index (χ1n) is 13.8. The first-order chi connectivity index (χ1) is 20.2. The number of amides is 2. The molecule has 2 amide bonds. The quantitative estimate of drug-likeness (QED) is 0.212. The molecule has 12 heteroatoms. The molecule has 0 aromatic heterocycles. The van der Waals surface area contributed by atoms with Gasteiger partial charge in [-0.25, -0.2) is 4.90 Å². The summed E-state index contributed by atoms with van der Waals surface area (Å²) in [4.78, 5) is 27.5. The molecule has 0 spiro atoms. The summed E-state index contributed by atoms with van der Waals surface area (Å²) in [5.74, 6) is -4.43. The highest BCUT2D eigenvalue weighted by atomic mass is 19.4. The summed E-state index contributed by atoms with van der Waals surface area (Å²) in [7, 11) is 0. The molecule has 0 radical (unpaired) electrons. The van der Waals surface area contributed by atoms with E-state index in [-0.39, 0.29) is 24.8 Å². The Morgan fingerprint density at radius 2 is 1.65 bits per heavy atom. The lowest BCUT2D eigenvalue weighted by molar-refractivity contribution is -0.143. The van der Waals surface area contributed by atoms with Gasteiger partial charge in [0.15, 0.2) is 0 Å². The van der Waals surface area contributed by atoms with Gasteiger partial charge < -0.3 is 14.9 Å². The van der Waals surface area contributed by atoms with Crippen LogP contribution in [0.25, 0.3) is 6.08 Å². The predicted molar refractivity (Wildman–Crippen MR) is 143 cm³/mol. The first-order valence-corrected chi connectivity index (χ1v) is 13.8. The summed E-state index contributed by atoms with van der Waals surface area (Å²) in [6.45, 7) is 1.54. The van der Waals surface area contributed by atoms with Gasteiger partial charge in [0.1, 0.15) is 5.75 Å². The van der Waals surface area contributed by atoms with Gasteiger partial charge in [0.25, 0.3) is 0 Å². The average molecular weight is 610 g/mol. The number of rotatable bonds is 7. The van der Waals surface area contributed by atoms with E-state index in [0.717, 1.165) is 5.57 Å². The number of aromatic hydroxyl groups is 1. The highest BCUT2D eigenvalue weighted by Crippen LogP contribution is 2.51. The molecule has 0 bridgehead atoms. The summed E-state index contributed by atoms with van der Waals surface area (Å²) in [5.41, 5.74) is -1.25.